The van der Waals surface area contributed by atoms with Crippen LogP contribution in [0.3, 0.4) is 0 Å². The first-order valence-corrected chi connectivity index (χ1v) is 8.61. The summed E-state index contributed by atoms with van der Waals surface area (Å²) in [5.41, 5.74) is 1.37. The fourth-order valence-corrected chi connectivity index (χ4v) is 3.43. The van der Waals surface area contributed by atoms with Crippen molar-refractivity contribution in [3.8, 4) is 0 Å². The van der Waals surface area contributed by atoms with Gasteiger partial charge >= 0.3 is 0 Å². The lowest BCUT2D eigenvalue weighted by Crippen LogP contribution is -2.53. The number of rotatable bonds is 5. The van der Waals surface area contributed by atoms with E-state index in [0.717, 1.165) is 25.8 Å². The van der Waals surface area contributed by atoms with Crippen LogP contribution in [0.4, 0.5) is 0 Å². The zero-order chi connectivity index (χ0) is 16.1. The minimum absolute atomic E-state index is 0.0673. The number of carbonyl (C=O) groups is 1. The molecule has 0 spiro atoms. The number of benzene rings is 1. The fraction of sp³-hybridized carbons (Fsp3) is 0.632. The van der Waals surface area contributed by atoms with Gasteiger partial charge in [0.15, 0.2) is 0 Å². The van der Waals surface area contributed by atoms with Crippen molar-refractivity contribution in [1.29, 1.82) is 0 Å². The monoisotopic (exact) mass is 302 g/mol. The first-order valence-electron chi connectivity index (χ1n) is 8.61. The van der Waals surface area contributed by atoms with Crippen molar-refractivity contribution in [2.24, 2.45) is 5.92 Å². The highest BCUT2D eigenvalue weighted by Gasteiger charge is 2.33. The molecule has 3 nitrogen and oxygen atoms in total. The minimum Gasteiger partial charge on any atom is -0.353 e. The molecule has 3 unspecified atom stereocenters. The second kappa shape index (κ2) is 7.77. The van der Waals surface area contributed by atoms with Crippen LogP contribution < -0.4 is 5.32 Å². The molecule has 1 saturated heterocycles. The number of piperidine rings is 1. The highest BCUT2D eigenvalue weighted by molar-refractivity contribution is 5.78. The quantitative estimate of drug-likeness (QED) is 0.901. The molecule has 1 aliphatic rings. The van der Waals surface area contributed by atoms with E-state index >= 15 is 0 Å². The average molecular weight is 302 g/mol. The lowest BCUT2D eigenvalue weighted by atomic mass is 9.89. The number of nitrogens with one attached hydrogen (secondary N) is 1. The van der Waals surface area contributed by atoms with Crippen molar-refractivity contribution < 1.29 is 4.79 Å². The molecule has 1 aromatic rings. The normalized spacial score (nSPS) is 26.1. The second-order valence-electron chi connectivity index (χ2n) is 6.90. The van der Waals surface area contributed by atoms with E-state index in [1.165, 1.54) is 5.56 Å². The standard InChI is InChI=1S/C19H30N2O/c1-5-18-12-17(20-19(22)14(2)3)11-15(4)21(18)13-16-9-7-6-8-10-16/h6-10,14-15,17-18H,5,11-13H2,1-4H3,(H,20,22). The zero-order valence-electron chi connectivity index (χ0n) is 14.4. The van der Waals surface area contributed by atoms with Gasteiger partial charge in [0.05, 0.1) is 0 Å². The van der Waals surface area contributed by atoms with E-state index in [9.17, 15) is 4.79 Å². The summed E-state index contributed by atoms with van der Waals surface area (Å²) < 4.78 is 0. The van der Waals surface area contributed by atoms with Gasteiger partial charge in [0.2, 0.25) is 5.91 Å². The molecule has 0 aliphatic carbocycles. The average Bonchev–Trinajstić information content (AvgIpc) is 2.50. The van der Waals surface area contributed by atoms with Gasteiger partial charge < -0.3 is 5.32 Å². The molecule has 0 bridgehead atoms. The van der Waals surface area contributed by atoms with E-state index in [1.807, 2.05) is 13.8 Å². The molecule has 1 aliphatic heterocycles. The molecule has 3 heteroatoms. The van der Waals surface area contributed by atoms with Crippen LogP contribution in [0.15, 0.2) is 30.3 Å². The van der Waals surface area contributed by atoms with Crippen molar-refractivity contribution in [3.05, 3.63) is 35.9 Å². The van der Waals surface area contributed by atoms with Gasteiger partial charge in [-0.1, -0.05) is 51.1 Å². The third kappa shape index (κ3) is 4.33. The number of nitrogens with zero attached hydrogens (tertiary/aromatic N) is 1. The molecule has 0 saturated carbocycles. The summed E-state index contributed by atoms with van der Waals surface area (Å²) in [6.07, 6.45) is 3.24. The predicted octanol–water partition coefficient (Wildman–Crippen LogP) is 3.59. The molecule has 1 N–H and O–H groups in total. The van der Waals surface area contributed by atoms with Crippen molar-refractivity contribution in [2.45, 2.75) is 71.6 Å². The lowest BCUT2D eigenvalue weighted by Gasteiger charge is -2.44. The topological polar surface area (TPSA) is 32.3 Å². The van der Waals surface area contributed by atoms with Crippen LogP contribution in [0.5, 0.6) is 0 Å². The summed E-state index contributed by atoms with van der Waals surface area (Å²) in [5, 5.41) is 3.23. The molecule has 122 valence electrons. The Balaban J connectivity index is 2.00. The van der Waals surface area contributed by atoms with E-state index in [0.29, 0.717) is 18.1 Å². The minimum atomic E-state index is 0.0673. The molecule has 0 aromatic heterocycles. The summed E-state index contributed by atoms with van der Waals surface area (Å²) in [6.45, 7) is 9.47. The number of carbonyl (C=O) groups excluding carboxylic acids is 1. The number of hydrogen-bond acceptors (Lipinski definition) is 2. The molecule has 1 amide bonds. The summed E-state index contributed by atoms with van der Waals surface area (Å²) in [6, 6.07) is 12.0. The summed E-state index contributed by atoms with van der Waals surface area (Å²) in [7, 11) is 0. The van der Waals surface area contributed by atoms with Crippen molar-refractivity contribution in [1.82, 2.24) is 10.2 Å². The maximum Gasteiger partial charge on any atom is 0.222 e. The lowest BCUT2D eigenvalue weighted by molar-refractivity contribution is -0.125. The fourth-order valence-electron chi connectivity index (χ4n) is 3.43. The second-order valence-corrected chi connectivity index (χ2v) is 6.90. The van der Waals surface area contributed by atoms with Crippen LogP contribution in [-0.2, 0) is 11.3 Å². The highest BCUT2D eigenvalue weighted by Crippen LogP contribution is 2.27. The maximum atomic E-state index is 12.0. The number of hydrogen-bond donors (Lipinski definition) is 1. The van der Waals surface area contributed by atoms with Gasteiger partial charge in [0.1, 0.15) is 0 Å². The Morgan fingerprint density at radius 2 is 1.95 bits per heavy atom. The van der Waals surface area contributed by atoms with Gasteiger partial charge in [-0.25, -0.2) is 0 Å². The Labute approximate surface area is 135 Å². The largest absolute Gasteiger partial charge is 0.353 e. The van der Waals surface area contributed by atoms with Crippen molar-refractivity contribution >= 4 is 5.91 Å². The third-order valence-electron chi connectivity index (χ3n) is 4.77. The van der Waals surface area contributed by atoms with Crippen molar-refractivity contribution in [2.75, 3.05) is 0 Å². The van der Waals surface area contributed by atoms with Crippen LogP contribution >= 0.6 is 0 Å². The molecule has 2 rings (SSSR count). The van der Waals surface area contributed by atoms with Gasteiger partial charge in [-0.3, -0.25) is 9.69 Å². The van der Waals surface area contributed by atoms with Gasteiger partial charge in [-0.15, -0.1) is 0 Å². The predicted molar refractivity (Wildman–Crippen MR) is 91.5 cm³/mol. The Hall–Kier alpha value is -1.35. The first kappa shape index (κ1) is 17.0. The van der Waals surface area contributed by atoms with E-state index in [-0.39, 0.29) is 11.8 Å². The van der Waals surface area contributed by atoms with Gasteiger partial charge in [0.25, 0.3) is 0 Å². The summed E-state index contributed by atoms with van der Waals surface area (Å²) in [4.78, 5) is 14.6. The molecular weight excluding hydrogens is 272 g/mol. The SMILES string of the molecule is CCC1CC(NC(=O)C(C)C)CC(C)N1Cc1ccccc1. The number of amides is 1. The molecule has 3 atom stereocenters. The smallest absolute Gasteiger partial charge is 0.222 e. The molecule has 22 heavy (non-hydrogen) atoms. The zero-order valence-corrected chi connectivity index (χ0v) is 14.4. The van der Waals surface area contributed by atoms with E-state index in [4.69, 9.17) is 0 Å². The van der Waals surface area contributed by atoms with Gasteiger partial charge in [0, 0.05) is 30.6 Å². The van der Waals surface area contributed by atoms with E-state index < -0.39 is 0 Å². The molecular formula is C19H30N2O. The van der Waals surface area contributed by atoms with Gasteiger partial charge in [-0.2, -0.15) is 0 Å². The maximum absolute atomic E-state index is 12.0. The van der Waals surface area contributed by atoms with Crippen LogP contribution in [-0.4, -0.2) is 28.9 Å². The molecule has 1 aromatic carbocycles. The summed E-state index contributed by atoms with van der Waals surface area (Å²) in [5.74, 6) is 0.251. The van der Waals surface area contributed by atoms with Gasteiger partial charge in [-0.05, 0) is 31.7 Å². The Morgan fingerprint density at radius 1 is 1.27 bits per heavy atom. The number of likely N-dealkylation sites (tertiary alicyclic amines) is 1. The highest BCUT2D eigenvalue weighted by atomic mass is 16.1. The Bertz CT molecular complexity index is 472. The van der Waals surface area contributed by atoms with Crippen molar-refractivity contribution in [3.63, 3.8) is 0 Å². The Kier molecular flexibility index (Phi) is 6.01. The van der Waals surface area contributed by atoms with E-state index in [1.54, 1.807) is 0 Å². The molecule has 1 fully saturated rings. The molecule has 1 heterocycles. The van der Waals surface area contributed by atoms with E-state index in [2.05, 4.69) is 54.4 Å². The Morgan fingerprint density at radius 3 is 2.55 bits per heavy atom. The molecule has 0 radical (unpaired) electrons. The third-order valence-corrected chi connectivity index (χ3v) is 4.77. The van der Waals surface area contributed by atoms with Crippen LogP contribution in [0.25, 0.3) is 0 Å². The van der Waals surface area contributed by atoms with Crippen LogP contribution in [0, 0.1) is 5.92 Å². The van der Waals surface area contributed by atoms with Crippen LogP contribution in [0.1, 0.15) is 52.5 Å². The van der Waals surface area contributed by atoms with Crippen LogP contribution in [0.2, 0.25) is 0 Å². The summed E-state index contributed by atoms with van der Waals surface area (Å²) >= 11 is 0. The first-order chi connectivity index (χ1) is 10.5.